The summed E-state index contributed by atoms with van der Waals surface area (Å²) in [6.07, 6.45) is 5.60. The smallest absolute Gasteiger partial charge is 0.306 e. The Bertz CT molecular complexity index is 2400. The zero-order chi connectivity index (χ0) is 36.6. The van der Waals surface area contributed by atoms with Crippen LogP contribution in [0.15, 0.2) is 65.2 Å². The number of likely N-dealkylation sites (tertiary alicyclic amines) is 2. The Morgan fingerprint density at radius 3 is 2.34 bits per heavy atom. The van der Waals surface area contributed by atoms with E-state index in [0.717, 1.165) is 64.3 Å². The minimum atomic E-state index is -0.729. The van der Waals surface area contributed by atoms with E-state index in [9.17, 15) is 15.2 Å². The number of rotatable bonds is 9. The zero-order valence-corrected chi connectivity index (χ0v) is 29.9. The zero-order valence-electron chi connectivity index (χ0n) is 29.9. The average Bonchev–Trinajstić information content (AvgIpc) is 3.83. The standard InChI is InChI=1S/C41H41N9O3/c1-24-30(7-5-9-32(24)39-46-35-18-26(17-29(20-42)37(35)53-39)22-50-15-11-28(12-16-50)40(51)52)31-8-6-10-33(25(31)2)45-38-36-34(47-41(43)48-38)19-27(21-44-36)23-49-13-3-4-14-49/h5-10,17-19,21,28H,3-4,11-16,22-23H2,1-2H3,(H,51,52)(H3,43,45,47,48). The van der Waals surface area contributed by atoms with Gasteiger partial charge >= 0.3 is 5.97 Å². The van der Waals surface area contributed by atoms with Gasteiger partial charge in [0, 0.05) is 30.5 Å². The monoisotopic (exact) mass is 707 g/mol. The number of piperidine rings is 1. The third-order valence-electron chi connectivity index (χ3n) is 10.7. The molecule has 0 aliphatic carbocycles. The van der Waals surface area contributed by atoms with E-state index in [1.54, 1.807) is 0 Å². The van der Waals surface area contributed by atoms with E-state index in [2.05, 4.69) is 63.2 Å². The molecule has 0 saturated carbocycles. The lowest BCUT2D eigenvalue weighted by molar-refractivity contribution is -0.143. The molecular weight excluding hydrogens is 667 g/mol. The molecule has 3 aromatic carbocycles. The fourth-order valence-electron chi connectivity index (χ4n) is 7.78. The number of nitrogens with one attached hydrogen (secondary N) is 1. The number of anilines is 3. The number of pyridine rings is 1. The van der Waals surface area contributed by atoms with Crippen molar-refractivity contribution in [2.75, 3.05) is 37.2 Å². The minimum Gasteiger partial charge on any atom is -0.481 e. The molecule has 2 aliphatic heterocycles. The highest BCUT2D eigenvalue weighted by atomic mass is 16.4. The van der Waals surface area contributed by atoms with Crippen molar-refractivity contribution in [1.82, 2.24) is 29.7 Å². The van der Waals surface area contributed by atoms with E-state index < -0.39 is 5.97 Å². The van der Waals surface area contributed by atoms with Crippen LogP contribution in [0.3, 0.4) is 0 Å². The van der Waals surface area contributed by atoms with E-state index in [1.807, 2.05) is 42.6 Å². The second-order valence-corrected chi connectivity index (χ2v) is 14.2. The van der Waals surface area contributed by atoms with E-state index >= 15 is 0 Å². The highest BCUT2D eigenvalue weighted by Crippen LogP contribution is 2.38. The van der Waals surface area contributed by atoms with Crippen LogP contribution in [0.4, 0.5) is 17.5 Å². The fourth-order valence-corrected chi connectivity index (χ4v) is 7.78. The van der Waals surface area contributed by atoms with Crippen LogP contribution in [0.5, 0.6) is 0 Å². The van der Waals surface area contributed by atoms with E-state index in [1.165, 1.54) is 12.8 Å². The van der Waals surface area contributed by atoms with Crippen molar-refractivity contribution >= 4 is 45.6 Å². The number of carbonyl (C=O) groups is 1. The summed E-state index contributed by atoms with van der Waals surface area (Å²) in [4.78, 5) is 34.8. The van der Waals surface area contributed by atoms with Crippen LogP contribution in [0.1, 0.15) is 53.5 Å². The number of oxazole rings is 1. The minimum absolute atomic E-state index is 0.183. The largest absolute Gasteiger partial charge is 0.481 e. The molecule has 0 unspecified atom stereocenters. The summed E-state index contributed by atoms with van der Waals surface area (Å²) in [5.74, 6) is 0.155. The van der Waals surface area contributed by atoms with Crippen molar-refractivity contribution in [3.8, 4) is 28.7 Å². The van der Waals surface area contributed by atoms with Crippen LogP contribution in [-0.4, -0.2) is 67.0 Å². The Morgan fingerprint density at radius 2 is 1.58 bits per heavy atom. The number of benzene rings is 3. The van der Waals surface area contributed by atoms with Crippen LogP contribution in [0, 0.1) is 31.1 Å². The van der Waals surface area contributed by atoms with E-state index in [0.29, 0.717) is 71.9 Å². The first-order valence-corrected chi connectivity index (χ1v) is 18.1. The second-order valence-electron chi connectivity index (χ2n) is 14.2. The van der Waals surface area contributed by atoms with Crippen LogP contribution in [0.25, 0.3) is 44.7 Å². The van der Waals surface area contributed by atoms with Crippen LogP contribution < -0.4 is 11.1 Å². The number of carboxylic acids is 1. The molecule has 0 atom stereocenters. The second kappa shape index (κ2) is 14.3. The molecule has 0 radical (unpaired) electrons. The quantitative estimate of drug-likeness (QED) is 0.138. The van der Waals surface area contributed by atoms with Crippen LogP contribution in [0.2, 0.25) is 0 Å². The van der Waals surface area contributed by atoms with E-state index in [-0.39, 0.29) is 11.9 Å². The summed E-state index contributed by atoms with van der Waals surface area (Å²) < 4.78 is 6.30. The summed E-state index contributed by atoms with van der Waals surface area (Å²) in [7, 11) is 0. The predicted octanol–water partition coefficient (Wildman–Crippen LogP) is 7.21. The van der Waals surface area contributed by atoms with Gasteiger partial charge in [0.1, 0.15) is 17.1 Å². The maximum Gasteiger partial charge on any atom is 0.306 e. The first-order valence-electron chi connectivity index (χ1n) is 18.1. The molecule has 3 aromatic heterocycles. The van der Waals surface area contributed by atoms with Gasteiger partial charge in [-0.1, -0.05) is 24.3 Å². The number of aliphatic carboxylic acids is 1. The Balaban J connectivity index is 1.07. The summed E-state index contributed by atoms with van der Waals surface area (Å²) in [5, 5.41) is 22.9. The number of carboxylic acid groups (broad SMARTS) is 1. The van der Waals surface area contributed by atoms with Gasteiger partial charge in [-0.15, -0.1) is 0 Å². The molecule has 4 N–H and O–H groups in total. The summed E-state index contributed by atoms with van der Waals surface area (Å²) in [5.41, 5.74) is 16.9. The van der Waals surface area contributed by atoms with Gasteiger partial charge in [-0.2, -0.15) is 10.2 Å². The van der Waals surface area contributed by atoms with Gasteiger partial charge < -0.3 is 20.6 Å². The van der Waals surface area contributed by atoms with Gasteiger partial charge in [0.15, 0.2) is 11.4 Å². The lowest BCUT2D eigenvalue weighted by Crippen LogP contribution is -2.35. The first kappa shape index (κ1) is 34.2. The molecule has 12 nitrogen and oxygen atoms in total. The van der Waals surface area contributed by atoms with Crippen molar-refractivity contribution in [3.63, 3.8) is 0 Å². The number of hydrogen-bond donors (Lipinski definition) is 3. The average molecular weight is 708 g/mol. The Kier molecular flexibility index (Phi) is 9.20. The lowest BCUT2D eigenvalue weighted by Gasteiger charge is -2.30. The molecule has 5 heterocycles. The van der Waals surface area contributed by atoms with Gasteiger partial charge in [0.05, 0.1) is 17.0 Å². The summed E-state index contributed by atoms with van der Waals surface area (Å²) >= 11 is 0. The number of nitrogens with zero attached hydrogens (tertiary/aromatic N) is 7. The maximum atomic E-state index is 11.4. The van der Waals surface area contributed by atoms with Crippen molar-refractivity contribution in [3.05, 3.63) is 88.6 Å². The van der Waals surface area contributed by atoms with Crippen molar-refractivity contribution in [2.45, 2.75) is 52.6 Å². The molecule has 0 bridgehead atoms. The molecule has 8 rings (SSSR count). The van der Waals surface area contributed by atoms with Crippen molar-refractivity contribution < 1.29 is 14.3 Å². The molecule has 53 heavy (non-hydrogen) atoms. The van der Waals surface area contributed by atoms with Gasteiger partial charge in [-0.25, -0.2) is 9.97 Å². The Hall–Kier alpha value is -5.90. The molecule has 0 spiro atoms. The van der Waals surface area contributed by atoms with Gasteiger partial charge in [-0.05, 0) is 129 Å². The summed E-state index contributed by atoms with van der Waals surface area (Å²) in [6.45, 7) is 9.19. The third kappa shape index (κ3) is 6.89. The van der Waals surface area contributed by atoms with Crippen LogP contribution in [-0.2, 0) is 17.9 Å². The molecule has 2 saturated heterocycles. The normalized spacial score (nSPS) is 15.6. The molecule has 2 fully saturated rings. The topological polar surface area (TPSA) is 170 Å². The number of nitriles is 1. The van der Waals surface area contributed by atoms with Crippen molar-refractivity contribution in [2.24, 2.45) is 5.92 Å². The Morgan fingerprint density at radius 1 is 0.906 bits per heavy atom. The highest BCUT2D eigenvalue weighted by molar-refractivity contribution is 5.90. The van der Waals surface area contributed by atoms with Gasteiger partial charge in [0.25, 0.3) is 0 Å². The Labute approximate surface area is 307 Å². The highest BCUT2D eigenvalue weighted by Gasteiger charge is 2.25. The summed E-state index contributed by atoms with van der Waals surface area (Å²) in [6, 6.07) is 20.3. The molecule has 268 valence electrons. The molecule has 12 heteroatoms. The number of hydrogen-bond acceptors (Lipinski definition) is 11. The molecule has 0 amide bonds. The molecular formula is C41H41N9O3. The number of fused-ring (bicyclic) bond motifs is 2. The van der Waals surface area contributed by atoms with Crippen LogP contribution >= 0.6 is 0 Å². The number of aromatic nitrogens is 4. The number of nitrogen functional groups attached to an aromatic ring is 1. The van der Waals surface area contributed by atoms with Crippen molar-refractivity contribution in [1.29, 1.82) is 5.26 Å². The maximum absolute atomic E-state index is 11.4. The SMILES string of the molecule is Cc1c(Nc2nc(N)nc3cc(CN4CCCC4)cnc23)cccc1-c1cccc(-c2nc3cc(CN4CCC(C(=O)O)CC4)cc(C#N)c3o2)c1C. The molecule has 2 aliphatic rings. The first-order chi connectivity index (χ1) is 25.7. The van der Waals surface area contributed by atoms with Gasteiger partial charge in [0.2, 0.25) is 11.8 Å². The van der Waals surface area contributed by atoms with Gasteiger partial charge in [-0.3, -0.25) is 19.6 Å². The molecule has 6 aromatic rings. The lowest BCUT2D eigenvalue weighted by atomic mass is 9.93. The third-order valence-corrected chi connectivity index (χ3v) is 10.7. The van der Waals surface area contributed by atoms with E-state index in [4.69, 9.17) is 20.1 Å². The predicted molar refractivity (Wildman–Crippen MR) is 204 cm³/mol. The number of nitrogens with two attached hydrogens (primary N) is 1. The fraction of sp³-hybridized carbons (Fsp3) is 0.317.